The van der Waals surface area contributed by atoms with Crippen LogP contribution in [-0.2, 0) is 5.11 Å². The van der Waals surface area contributed by atoms with Crippen molar-refractivity contribution in [3.63, 3.8) is 0 Å². The van der Waals surface area contributed by atoms with Gasteiger partial charge in [-0.2, -0.15) is 0 Å². The van der Waals surface area contributed by atoms with Gasteiger partial charge in [0.05, 0.1) is 7.14 Å². The number of benzene rings is 1. The van der Waals surface area contributed by atoms with Crippen LogP contribution in [0.25, 0.3) is 0 Å². The van der Waals surface area contributed by atoms with Crippen molar-refractivity contribution in [3.8, 4) is 5.75 Å². The Labute approximate surface area is 119 Å². The summed E-state index contributed by atoms with van der Waals surface area (Å²) in [5.41, 5.74) is 0. The van der Waals surface area contributed by atoms with Crippen LogP contribution in [0.4, 0.5) is 0 Å². The Morgan fingerprint density at radius 1 is 0.909 bits per heavy atom. The molecule has 0 N–H and O–H groups in total. The standard InChI is InChI=1S/C6HI4O/c7-2-1-3(8)5(10)6(11)4(2)9/h1H. The highest BCUT2D eigenvalue weighted by Gasteiger charge is 2.12. The monoisotopic (exact) mass is 597 g/mol. The first-order chi connectivity index (χ1) is 5.04. The van der Waals surface area contributed by atoms with Crippen LogP contribution in [-0.4, -0.2) is 0 Å². The highest BCUT2D eigenvalue weighted by molar-refractivity contribution is 14.1. The fraction of sp³-hybridized carbons (Fsp3) is 0. The molecule has 0 aliphatic carbocycles. The Morgan fingerprint density at radius 2 is 1.27 bits per heavy atom. The van der Waals surface area contributed by atoms with Crippen LogP contribution < -0.4 is 0 Å². The third-order valence-electron chi connectivity index (χ3n) is 1.07. The molecule has 1 aromatic carbocycles. The molecule has 0 saturated heterocycles. The molecule has 0 heterocycles. The molecule has 0 aromatic heterocycles. The van der Waals surface area contributed by atoms with E-state index < -0.39 is 0 Å². The fourth-order valence-electron chi connectivity index (χ4n) is 0.551. The maximum atomic E-state index is 11.4. The lowest BCUT2D eigenvalue weighted by Crippen LogP contribution is -1.87. The first-order valence-electron chi connectivity index (χ1n) is 2.54. The van der Waals surface area contributed by atoms with Crippen LogP contribution in [0.5, 0.6) is 5.75 Å². The average molecular weight is 597 g/mol. The van der Waals surface area contributed by atoms with Gasteiger partial charge in [-0.3, -0.25) is 5.11 Å². The summed E-state index contributed by atoms with van der Waals surface area (Å²) >= 11 is 8.52. The van der Waals surface area contributed by atoms with Crippen LogP contribution in [0.3, 0.4) is 0 Å². The van der Waals surface area contributed by atoms with Gasteiger partial charge in [0.15, 0.2) is 0 Å². The molecular formula is C6HI4O. The van der Waals surface area contributed by atoms with Crippen molar-refractivity contribution in [1.29, 1.82) is 0 Å². The minimum absolute atomic E-state index is 0.155. The summed E-state index contributed by atoms with van der Waals surface area (Å²) in [6.07, 6.45) is 0. The molecule has 0 spiro atoms. The van der Waals surface area contributed by atoms with Gasteiger partial charge in [-0.15, -0.1) is 0 Å². The molecule has 59 valence electrons. The second kappa shape index (κ2) is 4.44. The van der Waals surface area contributed by atoms with Gasteiger partial charge in [0.1, 0.15) is 0 Å². The number of rotatable bonds is 0. The Morgan fingerprint density at radius 3 is 1.64 bits per heavy atom. The summed E-state index contributed by atoms with van der Waals surface area (Å²) in [6.45, 7) is 0. The van der Waals surface area contributed by atoms with E-state index in [1.54, 1.807) is 0 Å². The summed E-state index contributed by atoms with van der Waals surface area (Å²) in [7, 11) is 0. The third-order valence-corrected chi connectivity index (χ3v) is 6.98. The van der Waals surface area contributed by atoms with E-state index in [0.717, 1.165) is 14.3 Å². The molecule has 0 aliphatic heterocycles. The molecule has 0 bridgehead atoms. The molecule has 0 aliphatic rings. The molecule has 5 heteroatoms. The highest BCUT2D eigenvalue weighted by Crippen LogP contribution is 2.33. The Bertz CT molecular complexity index is 271. The van der Waals surface area contributed by atoms with Crippen LogP contribution in [0, 0.1) is 14.3 Å². The van der Waals surface area contributed by atoms with E-state index in [1.807, 2.05) is 6.07 Å². The molecule has 11 heavy (non-hydrogen) atoms. The zero-order valence-corrected chi connectivity index (χ0v) is 13.6. The van der Waals surface area contributed by atoms with Crippen molar-refractivity contribution >= 4 is 90.4 Å². The fourth-order valence-corrected chi connectivity index (χ4v) is 3.63. The topological polar surface area (TPSA) is 19.9 Å². The molecule has 0 amide bonds. The van der Waals surface area contributed by atoms with E-state index in [4.69, 9.17) is 0 Å². The second-order valence-electron chi connectivity index (χ2n) is 1.80. The van der Waals surface area contributed by atoms with Crippen molar-refractivity contribution in [2.45, 2.75) is 0 Å². The molecule has 1 aromatic rings. The van der Waals surface area contributed by atoms with Crippen LogP contribution in [0.2, 0.25) is 0 Å². The van der Waals surface area contributed by atoms with Gasteiger partial charge in [0.25, 0.3) is 0 Å². The minimum atomic E-state index is 0.155. The predicted octanol–water partition coefficient (Wildman–Crippen LogP) is 4.25. The number of hydrogen-bond donors (Lipinski definition) is 0. The summed E-state index contributed by atoms with van der Waals surface area (Å²) < 4.78 is 3.73. The minimum Gasteiger partial charge on any atom is -0.287 e. The van der Waals surface area contributed by atoms with Crippen LogP contribution in [0.1, 0.15) is 0 Å². The lowest BCUT2D eigenvalue weighted by Gasteiger charge is -2.01. The number of hydrogen-bond acceptors (Lipinski definition) is 0. The van der Waals surface area contributed by atoms with Crippen molar-refractivity contribution in [2.24, 2.45) is 0 Å². The van der Waals surface area contributed by atoms with Gasteiger partial charge in [-0.25, -0.2) is 0 Å². The Kier molecular flexibility index (Phi) is 4.45. The van der Waals surface area contributed by atoms with Crippen molar-refractivity contribution in [3.05, 3.63) is 20.3 Å². The molecule has 0 atom stereocenters. The average Bonchev–Trinajstić information content (AvgIpc) is 1.97. The summed E-state index contributed by atoms with van der Waals surface area (Å²) in [4.78, 5) is 0. The normalized spacial score (nSPS) is 10.2. The van der Waals surface area contributed by atoms with E-state index in [-0.39, 0.29) is 5.75 Å². The van der Waals surface area contributed by atoms with Gasteiger partial charge >= 0.3 is 0 Å². The van der Waals surface area contributed by atoms with Gasteiger partial charge in [-0.1, -0.05) is 0 Å². The van der Waals surface area contributed by atoms with Gasteiger partial charge in [0, 0.05) is 7.14 Å². The van der Waals surface area contributed by atoms with E-state index in [1.165, 1.54) is 0 Å². The summed E-state index contributed by atoms with van der Waals surface area (Å²) in [6, 6.07) is 2.02. The van der Waals surface area contributed by atoms with Crippen LogP contribution >= 0.6 is 90.4 Å². The van der Waals surface area contributed by atoms with E-state index in [0.29, 0.717) is 0 Å². The summed E-state index contributed by atoms with van der Waals surface area (Å²) in [5.74, 6) is 0.155. The lowest BCUT2D eigenvalue weighted by molar-refractivity contribution is 0.348. The molecule has 0 unspecified atom stereocenters. The molecular weight excluding hydrogens is 596 g/mol. The molecule has 1 nitrogen and oxygen atoms in total. The van der Waals surface area contributed by atoms with Gasteiger partial charge in [0.2, 0.25) is 5.75 Å². The Balaban J connectivity index is 3.46. The highest BCUT2D eigenvalue weighted by atomic mass is 127. The van der Waals surface area contributed by atoms with E-state index in [9.17, 15) is 5.11 Å². The molecule has 1 radical (unpaired) electrons. The maximum Gasteiger partial charge on any atom is 0.207 e. The summed E-state index contributed by atoms with van der Waals surface area (Å²) in [5, 5.41) is 11.4. The van der Waals surface area contributed by atoms with Crippen molar-refractivity contribution in [2.75, 3.05) is 0 Å². The quantitative estimate of drug-likeness (QED) is 0.316. The van der Waals surface area contributed by atoms with Gasteiger partial charge < -0.3 is 0 Å². The molecule has 1 rings (SSSR count). The second-order valence-corrected chi connectivity index (χ2v) is 6.28. The van der Waals surface area contributed by atoms with Crippen molar-refractivity contribution in [1.82, 2.24) is 0 Å². The first kappa shape index (κ1) is 11.0. The smallest absolute Gasteiger partial charge is 0.207 e. The SMILES string of the molecule is [O]c1c(I)c(I)cc(I)c1I. The Hall–Kier alpha value is 1.94. The van der Waals surface area contributed by atoms with Crippen molar-refractivity contribution < 1.29 is 5.11 Å². The number of halogens is 4. The zero-order chi connectivity index (χ0) is 8.59. The molecule has 0 saturated carbocycles. The maximum absolute atomic E-state index is 11.4. The molecule has 0 fully saturated rings. The van der Waals surface area contributed by atoms with Gasteiger partial charge in [-0.05, 0) is 96.4 Å². The van der Waals surface area contributed by atoms with E-state index in [2.05, 4.69) is 90.4 Å². The lowest BCUT2D eigenvalue weighted by atomic mass is 10.3. The van der Waals surface area contributed by atoms with Crippen LogP contribution in [0.15, 0.2) is 6.07 Å². The predicted molar refractivity (Wildman–Crippen MR) is 77.4 cm³/mol. The zero-order valence-electron chi connectivity index (χ0n) is 5.00. The largest absolute Gasteiger partial charge is 0.287 e. The third kappa shape index (κ3) is 2.45. The van der Waals surface area contributed by atoms with E-state index >= 15 is 0 Å². The first-order valence-corrected chi connectivity index (χ1v) is 6.85.